The number of carbonyl (C=O) groups excluding carboxylic acids is 2. The molecule has 1 aliphatic heterocycles. The second kappa shape index (κ2) is 7.49. The highest BCUT2D eigenvalue weighted by Gasteiger charge is 2.39. The van der Waals surface area contributed by atoms with Gasteiger partial charge in [0, 0.05) is 0 Å². The Hall–Kier alpha value is -2.04. The summed E-state index contributed by atoms with van der Waals surface area (Å²) in [5.74, 6) is -0.0214. The lowest BCUT2D eigenvalue weighted by atomic mass is 9.97. The van der Waals surface area contributed by atoms with E-state index in [0.717, 1.165) is 17.8 Å². The van der Waals surface area contributed by atoms with Crippen molar-refractivity contribution in [3.63, 3.8) is 0 Å². The van der Waals surface area contributed by atoms with E-state index in [0.29, 0.717) is 18.9 Å². The number of para-hydroxylation sites is 2. The third-order valence-corrected chi connectivity index (χ3v) is 3.99. The molecule has 5 nitrogen and oxygen atoms in total. The number of rotatable bonds is 6. The maximum atomic E-state index is 13.0. The molecule has 1 amide bonds. The number of esters is 1. The first-order chi connectivity index (χ1) is 11.0. The molecule has 2 unspecified atom stereocenters. The Morgan fingerprint density at radius 3 is 2.61 bits per heavy atom. The van der Waals surface area contributed by atoms with Crippen molar-refractivity contribution >= 4 is 23.3 Å². The molecule has 1 aliphatic rings. The molecule has 0 aromatic heterocycles. The van der Waals surface area contributed by atoms with E-state index in [-0.39, 0.29) is 17.9 Å². The van der Waals surface area contributed by atoms with E-state index in [9.17, 15) is 9.59 Å². The zero-order valence-electron chi connectivity index (χ0n) is 14.3. The van der Waals surface area contributed by atoms with Gasteiger partial charge in [-0.15, -0.1) is 0 Å². The van der Waals surface area contributed by atoms with Crippen LogP contribution >= 0.6 is 0 Å². The highest BCUT2D eigenvalue weighted by atomic mass is 16.5. The average molecular weight is 318 g/mol. The fourth-order valence-corrected chi connectivity index (χ4v) is 2.99. The van der Waals surface area contributed by atoms with Crippen molar-refractivity contribution in [1.29, 1.82) is 0 Å². The SMILES string of the molecule is CCOC(=O)C(CC)N1C(=O)C(CC(C)C)Nc2ccccc21. The van der Waals surface area contributed by atoms with Gasteiger partial charge in [-0.3, -0.25) is 9.69 Å². The van der Waals surface area contributed by atoms with E-state index in [2.05, 4.69) is 19.2 Å². The molecular formula is C18H26N2O3. The monoisotopic (exact) mass is 318 g/mol. The van der Waals surface area contributed by atoms with Crippen LogP contribution in [0.4, 0.5) is 11.4 Å². The van der Waals surface area contributed by atoms with E-state index in [4.69, 9.17) is 4.74 Å². The molecule has 0 radical (unpaired) electrons. The lowest BCUT2D eigenvalue weighted by Gasteiger charge is -2.39. The van der Waals surface area contributed by atoms with Gasteiger partial charge in [0.25, 0.3) is 0 Å². The molecule has 0 fully saturated rings. The number of carbonyl (C=O) groups is 2. The number of benzene rings is 1. The Kier molecular flexibility index (Phi) is 5.64. The molecule has 23 heavy (non-hydrogen) atoms. The molecule has 5 heteroatoms. The van der Waals surface area contributed by atoms with Gasteiger partial charge in [0.2, 0.25) is 5.91 Å². The molecule has 0 bridgehead atoms. The second-order valence-electron chi connectivity index (χ2n) is 6.23. The van der Waals surface area contributed by atoms with E-state index < -0.39 is 6.04 Å². The minimum absolute atomic E-state index is 0.0581. The number of hydrogen-bond acceptors (Lipinski definition) is 4. The van der Waals surface area contributed by atoms with Gasteiger partial charge in [0.15, 0.2) is 0 Å². The summed E-state index contributed by atoms with van der Waals surface area (Å²) in [6.45, 7) is 8.16. The number of ether oxygens (including phenoxy) is 1. The molecule has 1 N–H and O–H groups in total. The summed E-state index contributed by atoms with van der Waals surface area (Å²) in [6.07, 6.45) is 1.25. The topological polar surface area (TPSA) is 58.6 Å². The Morgan fingerprint density at radius 1 is 1.30 bits per heavy atom. The van der Waals surface area contributed by atoms with E-state index >= 15 is 0 Å². The van der Waals surface area contributed by atoms with Gasteiger partial charge in [0.1, 0.15) is 12.1 Å². The van der Waals surface area contributed by atoms with E-state index in [1.807, 2.05) is 31.2 Å². The van der Waals surface area contributed by atoms with Crippen LogP contribution < -0.4 is 10.2 Å². The number of hydrogen-bond donors (Lipinski definition) is 1. The summed E-state index contributed by atoms with van der Waals surface area (Å²) in [6, 6.07) is 6.72. The van der Waals surface area contributed by atoms with Crippen molar-refractivity contribution in [1.82, 2.24) is 0 Å². The Balaban J connectivity index is 2.41. The summed E-state index contributed by atoms with van der Waals surface area (Å²) in [4.78, 5) is 26.9. The third kappa shape index (κ3) is 3.66. The highest BCUT2D eigenvalue weighted by Crippen LogP contribution is 2.35. The molecule has 0 aliphatic carbocycles. The van der Waals surface area contributed by atoms with Crippen LogP contribution in [0, 0.1) is 5.92 Å². The summed E-state index contributed by atoms with van der Waals surface area (Å²) in [7, 11) is 0. The van der Waals surface area contributed by atoms with Crippen molar-refractivity contribution in [2.45, 2.75) is 52.6 Å². The Bertz CT molecular complexity index is 571. The second-order valence-corrected chi connectivity index (χ2v) is 6.23. The lowest BCUT2D eigenvalue weighted by molar-refractivity contribution is -0.146. The summed E-state index contributed by atoms with van der Waals surface area (Å²) in [5.41, 5.74) is 1.64. The molecule has 2 atom stereocenters. The smallest absolute Gasteiger partial charge is 0.329 e. The largest absolute Gasteiger partial charge is 0.464 e. The zero-order valence-corrected chi connectivity index (χ0v) is 14.3. The van der Waals surface area contributed by atoms with Gasteiger partial charge in [-0.25, -0.2) is 4.79 Å². The van der Waals surface area contributed by atoms with Crippen molar-refractivity contribution in [3.8, 4) is 0 Å². The number of amides is 1. The lowest BCUT2D eigenvalue weighted by Crippen LogP contribution is -2.54. The van der Waals surface area contributed by atoms with Crippen molar-refractivity contribution < 1.29 is 14.3 Å². The molecule has 2 rings (SSSR count). The van der Waals surface area contributed by atoms with Crippen LogP contribution in [0.15, 0.2) is 24.3 Å². The molecule has 126 valence electrons. The number of fused-ring (bicyclic) bond motifs is 1. The summed E-state index contributed by atoms with van der Waals surface area (Å²) < 4.78 is 5.17. The van der Waals surface area contributed by atoms with Crippen LogP contribution in [0.25, 0.3) is 0 Å². The molecule has 0 saturated carbocycles. The molecular weight excluding hydrogens is 292 g/mol. The first-order valence-corrected chi connectivity index (χ1v) is 8.34. The quantitative estimate of drug-likeness (QED) is 0.818. The fraction of sp³-hybridized carbons (Fsp3) is 0.556. The van der Waals surface area contributed by atoms with Gasteiger partial charge < -0.3 is 10.1 Å². The number of nitrogens with zero attached hydrogens (tertiary/aromatic N) is 1. The van der Waals surface area contributed by atoms with Gasteiger partial charge in [0.05, 0.1) is 18.0 Å². The van der Waals surface area contributed by atoms with Gasteiger partial charge in [-0.1, -0.05) is 32.9 Å². The number of anilines is 2. The van der Waals surface area contributed by atoms with Crippen LogP contribution in [-0.2, 0) is 14.3 Å². The highest BCUT2D eigenvalue weighted by molar-refractivity contribution is 6.08. The first-order valence-electron chi connectivity index (χ1n) is 8.34. The molecule has 0 saturated heterocycles. The van der Waals surface area contributed by atoms with Gasteiger partial charge >= 0.3 is 5.97 Å². The molecule has 1 aromatic rings. The predicted molar refractivity (Wildman–Crippen MR) is 91.5 cm³/mol. The minimum Gasteiger partial charge on any atom is -0.464 e. The molecule has 1 aromatic carbocycles. The van der Waals surface area contributed by atoms with Crippen LogP contribution in [0.2, 0.25) is 0 Å². The van der Waals surface area contributed by atoms with Crippen molar-refractivity contribution in [3.05, 3.63) is 24.3 Å². The van der Waals surface area contributed by atoms with Crippen LogP contribution in [0.5, 0.6) is 0 Å². The number of nitrogens with one attached hydrogen (secondary N) is 1. The Morgan fingerprint density at radius 2 is 2.00 bits per heavy atom. The molecule has 0 spiro atoms. The summed E-state index contributed by atoms with van der Waals surface area (Å²) in [5, 5.41) is 3.31. The third-order valence-electron chi connectivity index (χ3n) is 3.99. The van der Waals surface area contributed by atoms with Gasteiger partial charge in [-0.05, 0) is 37.8 Å². The Labute approximate surface area is 138 Å². The van der Waals surface area contributed by atoms with Crippen LogP contribution in [-0.4, -0.2) is 30.6 Å². The van der Waals surface area contributed by atoms with E-state index in [1.165, 1.54) is 0 Å². The first kappa shape index (κ1) is 17.3. The predicted octanol–water partition coefficient (Wildman–Crippen LogP) is 3.20. The van der Waals surface area contributed by atoms with Crippen LogP contribution in [0.3, 0.4) is 0 Å². The average Bonchev–Trinajstić information content (AvgIpc) is 2.51. The van der Waals surface area contributed by atoms with Crippen molar-refractivity contribution in [2.24, 2.45) is 5.92 Å². The standard InChI is InChI=1S/C18H26N2O3/c1-5-15(18(22)23-6-2)20-16-10-8-7-9-13(16)19-14(17(20)21)11-12(3)4/h7-10,12,14-15,19H,5-6,11H2,1-4H3. The maximum absolute atomic E-state index is 13.0. The summed E-state index contributed by atoms with van der Waals surface area (Å²) >= 11 is 0. The van der Waals surface area contributed by atoms with Crippen molar-refractivity contribution in [2.75, 3.05) is 16.8 Å². The fourth-order valence-electron chi connectivity index (χ4n) is 2.99. The van der Waals surface area contributed by atoms with Gasteiger partial charge in [-0.2, -0.15) is 0 Å². The van der Waals surface area contributed by atoms with E-state index in [1.54, 1.807) is 11.8 Å². The maximum Gasteiger partial charge on any atom is 0.329 e. The zero-order chi connectivity index (χ0) is 17.0. The minimum atomic E-state index is -0.583. The normalized spacial score (nSPS) is 18.4. The van der Waals surface area contributed by atoms with Crippen LogP contribution in [0.1, 0.15) is 40.5 Å². The molecule has 1 heterocycles.